The number of aromatic hydroxyl groups is 1. The molecule has 0 aliphatic heterocycles. The van der Waals surface area contributed by atoms with E-state index in [4.69, 9.17) is 9.47 Å². The van der Waals surface area contributed by atoms with Crippen LogP contribution in [0.4, 0.5) is 5.69 Å². The van der Waals surface area contributed by atoms with Gasteiger partial charge in [0.2, 0.25) is 0 Å². The third kappa shape index (κ3) is 6.49. The molecule has 0 saturated carbocycles. The Kier molecular flexibility index (Phi) is 7.33. The third-order valence-corrected chi connectivity index (χ3v) is 3.58. The zero-order valence-corrected chi connectivity index (χ0v) is 15.2. The summed E-state index contributed by atoms with van der Waals surface area (Å²) in [5.41, 5.74) is 1.46. The second-order valence-corrected chi connectivity index (χ2v) is 6.19. The Morgan fingerprint density at radius 1 is 1.04 bits per heavy atom. The lowest BCUT2D eigenvalue weighted by molar-refractivity contribution is 0.242. The maximum atomic E-state index is 10.1. The van der Waals surface area contributed by atoms with Gasteiger partial charge in [0, 0.05) is 17.8 Å². The number of unbranched alkanes of at least 4 members (excludes halogenated alkanes) is 2. The molecule has 2 aromatic carbocycles. The van der Waals surface area contributed by atoms with E-state index in [0.29, 0.717) is 17.9 Å². The first-order valence-electron chi connectivity index (χ1n) is 8.85. The predicted molar refractivity (Wildman–Crippen MR) is 103 cm³/mol. The van der Waals surface area contributed by atoms with Crippen LogP contribution in [0.3, 0.4) is 0 Å². The van der Waals surface area contributed by atoms with Gasteiger partial charge >= 0.3 is 0 Å². The summed E-state index contributed by atoms with van der Waals surface area (Å²) in [4.78, 5) is 4.39. The van der Waals surface area contributed by atoms with Crippen molar-refractivity contribution in [2.45, 2.75) is 46.1 Å². The van der Waals surface area contributed by atoms with E-state index in [2.05, 4.69) is 11.9 Å². The fraction of sp³-hybridized carbons (Fsp3) is 0.381. The van der Waals surface area contributed by atoms with Crippen LogP contribution < -0.4 is 9.47 Å². The highest BCUT2D eigenvalue weighted by molar-refractivity contribution is 5.85. The zero-order valence-electron chi connectivity index (χ0n) is 15.2. The Balaban J connectivity index is 1.96. The Morgan fingerprint density at radius 2 is 1.76 bits per heavy atom. The lowest BCUT2D eigenvalue weighted by Gasteiger charge is -2.09. The molecule has 4 nitrogen and oxygen atoms in total. The van der Waals surface area contributed by atoms with Gasteiger partial charge in [-0.25, -0.2) is 0 Å². The van der Waals surface area contributed by atoms with Crippen molar-refractivity contribution < 1.29 is 14.6 Å². The summed E-state index contributed by atoms with van der Waals surface area (Å²) in [5.74, 6) is 1.67. The van der Waals surface area contributed by atoms with E-state index in [9.17, 15) is 5.11 Å². The van der Waals surface area contributed by atoms with Crippen molar-refractivity contribution >= 4 is 11.9 Å². The van der Waals surface area contributed by atoms with E-state index >= 15 is 0 Å². The second-order valence-electron chi connectivity index (χ2n) is 6.19. The van der Waals surface area contributed by atoms with Crippen molar-refractivity contribution in [2.24, 2.45) is 4.99 Å². The van der Waals surface area contributed by atoms with Gasteiger partial charge < -0.3 is 14.6 Å². The van der Waals surface area contributed by atoms with Gasteiger partial charge in [0.05, 0.1) is 18.4 Å². The van der Waals surface area contributed by atoms with E-state index in [1.165, 1.54) is 0 Å². The van der Waals surface area contributed by atoms with Crippen LogP contribution in [0.1, 0.15) is 45.6 Å². The monoisotopic (exact) mass is 341 g/mol. The molecule has 0 saturated heterocycles. The van der Waals surface area contributed by atoms with Gasteiger partial charge in [0.25, 0.3) is 0 Å². The lowest BCUT2D eigenvalue weighted by Crippen LogP contribution is -2.04. The Morgan fingerprint density at radius 3 is 2.40 bits per heavy atom. The molecule has 0 radical (unpaired) electrons. The average molecular weight is 341 g/mol. The molecule has 4 heteroatoms. The van der Waals surface area contributed by atoms with Gasteiger partial charge in [-0.15, -0.1) is 0 Å². The Hall–Kier alpha value is -2.49. The molecule has 2 aromatic rings. The molecular weight excluding hydrogens is 314 g/mol. The maximum absolute atomic E-state index is 10.1. The van der Waals surface area contributed by atoms with Crippen LogP contribution in [-0.2, 0) is 0 Å². The SMILES string of the molecule is CCCCCOc1ccc(C=Nc2ccc(OC(C)C)cc2)c(O)c1. The van der Waals surface area contributed by atoms with Crippen LogP contribution in [0.25, 0.3) is 0 Å². The van der Waals surface area contributed by atoms with Gasteiger partial charge in [-0.2, -0.15) is 0 Å². The van der Waals surface area contributed by atoms with Crippen LogP contribution in [0, 0.1) is 0 Å². The van der Waals surface area contributed by atoms with E-state index in [1.54, 1.807) is 12.3 Å². The fourth-order valence-corrected chi connectivity index (χ4v) is 2.29. The molecular formula is C21H27NO3. The molecule has 0 fully saturated rings. The number of aliphatic imine (C=N–C) groups is 1. The highest BCUT2D eigenvalue weighted by Crippen LogP contribution is 2.24. The van der Waals surface area contributed by atoms with Crippen LogP contribution in [0.2, 0.25) is 0 Å². The maximum Gasteiger partial charge on any atom is 0.128 e. The van der Waals surface area contributed by atoms with Crippen molar-refractivity contribution in [1.29, 1.82) is 0 Å². The van der Waals surface area contributed by atoms with Crippen LogP contribution in [0.15, 0.2) is 47.5 Å². The third-order valence-electron chi connectivity index (χ3n) is 3.58. The van der Waals surface area contributed by atoms with Crippen LogP contribution in [-0.4, -0.2) is 24.0 Å². The molecule has 0 spiro atoms. The average Bonchev–Trinajstić information content (AvgIpc) is 2.59. The molecule has 0 aliphatic carbocycles. The number of benzene rings is 2. The number of hydrogen-bond acceptors (Lipinski definition) is 4. The number of rotatable bonds is 9. The summed E-state index contributed by atoms with van der Waals surface area (Å²) in [6.07, 6.45) is 5.13. The van der Waals surface area contributed by atoms with E-state index in [0.717, 1.165) is 30.7 Å². The quantitative estimate of drug-likeness (QED) is 0.484. The molecule has 0 unspecified atom stereocenters. The first-order valence-corrected chi connectivity index (χ1v) is 8.85. The van der Waals surface area contributed by atoms with E-state index in [-0.39, 0.29) is 11.9 Å². The topological polar surface area (TPSA) is 51.0 Å². The van der Waals surface area contributed by atoms with E-state index < -0.39 is 0 Å². The molecule has 0 aliphatic rings. The van der Waals surface area contributed by atoms with Crippen molar-refractivity contribution in [2.75, 3.05) is 6.61 Å². The van der Waals surface area contributed by atoms with Gasteiger partial charge in [0.15, 0.2) is 0 Å². The van der Waals surface area contributed by atoms with Gasteiger partial charge in [0.1, 0.15) is 17.2 Å². The minimum absolute atomic E-state index is 0.147. The molecule has 0 heterocycles. The van der Waals surface area contributed by atoms with Crippen molar-refractivity contribution in [3.05, 3.63) is 48.0 Å². The van der Waals surface area contributed by atoms with Crippen molar-refractivity contribution in [3.63, 3.8) is 0 Å². The van der Waals surface area contributed by atoms with Gasteiger partial charge in [-0.05, 0) is 56.7 Å². The minimum atomic E-state index is 0.147. The number of phenols is 1. The molecule has 0 atom stereocenters. The first kappa shape index (κ1) is 18.8. The molecule has 0 aromatic heterocycles. The Bertz CT molecular complexity index is 678. The lowest BCUT2D eigenvalue weighted by atomic mass is 10.2. The van der Waals surface area contributed by atoms with Crippen LogP contribution in [0.5, 0.6) is 17.2 Å². The highest BCUT2D eigenvalue weighted by Gasteiger charge is 2.02. The summed E-state index contributed by atoms with van der Waals surface area (Å²) < 4.78 is 11.2. The highest BCUT2D eigenvalue weighted by atomic mass is 16.5. The summed E-state index contributed by atoms with van der Waals surface area (Å²) in [5, 5.41) is 10.1. The van der Waals surface area contributed by atoms with Gasteiger partial charge in [-0.3, -0.25) is 4.99 Å². The number of hydrogen-bond donors (Lipinski definition) is 1. The fourth-order valence-electron chi connectivity index (χ4n) is 2.29. The first-order chi connectivity index (χ1) is 12.1. The summed E-state index contributed by atoms with van der Waals surface area (Å²) >= 11 is 0. The molecule has 2 rings (SSSR count). The predicted octanol–water partition coefficient (Wildman–Crippen LogP) is 5.50. The largest absolute Gasteiger partial charge is 0.507 e. The van der Waals surface area contributed by atoms with Crippen molar-refractivity contribution in [1.82, 2.24) is 0 Å². The van der Waals surface area contributed by atoms with Crippen LogP contribution >= 0.6 is 0 Å². The zero-order chi connectivity index (χ0) is 18.1. The molecule has 1 N–H and O–H groups in total. The standard InChI is InChI=1S/C21H27NO3/c1-4-5-6-13-24-20-10-7-17(21(23)14-20)15-22-18-8-11-19(12-9-18)25-16(2)3/h7-12,14-16,23H,4-6,13H2,1-3H3. The summed E-state index contributed by atoms with van der Waals surface area (Å²) in [7, 11) is 0. The summed E-state index contributed by atoms with van der Waals surface area (Å²) in [6.45, 7) is 6.81. The Labute approximate surface area is 150 Å². The second kappa shape index (κ2) is 9.72. The molecule has 134 valence electrons. The smallest absolute Gasteiger partial charge is 0.128 e. The normalized spacial score (nSPS) is 11.2. The molecule has 0 amide bonds. The number of nitrogens with zero attached hydrogens (tertiary/aromatic N) is 1. The van der Waals surface area contributed by atoms with Gasteiger partial charge in [-0.1, -0.05) is 19.8 Å². The molecule has 0 bridgehead atoms. The number of phenolic OH excluding ortho intramolecular Hbond substituents is 1. The van der Waals surface area contributed by atoms with E-state index in [1.807, 2.05) is 50.2 Å². The number of ether oxygens (including phenoxy) is 2. The summed E-state index contributed by atoms with van der Waals surface area (Å²) in [6, 6.07) is 12.8. The minimum Gasteiger partial charge on any atom is -0.507 e. The van der Waals surface area contributed by atoms with Crippen molar-refractivity contribution in [3.8, 4) is 17.2 Å². The molecule has 25 heavy (non-hydrogen) atoms.